The quantitative estimate of drug-likeness (QED) is 0.798. The number of aryl methyl sites for hydroxylation is 1. The number of carbonyl (C=O) groups excluding carboxylic acids is 2. The third-order valence-electron chi connectivity index (χ3n) is 4.74. The van der Waals surface area contributed by atoms with Crippen molar-refractivity contribution in [3.05, 3.63) is 30.4 Å². The first kappa shape index (κ1) is 19.0. The molecule has 144 valence electrons. The minimum absolute atomic E-state index is 0.0375. The molecule has 1 saturated heterocycles. The molecule has 3 rings (SSSR count). The van der Waals surface area contributed by atoms with Crippen LogP contribution in [0.25, 0.3) is 11.4 Å². The van der Waals surface area contributed by atoms with Gasteiger partial charge in [-0.15, -0.1) is 0 Å². The van der Waals surface area contributed by atoms with Gasteiger partial charge in [-0.25, -0.2) is 0 Å². The van der Waals surface area contributed by atoms with E-state index in [9.17, 15) is 9.59 Å². The van der Waals surface area contributed by atoms with Crippen molar-refractivity contribution in [1.29, 1.82) is 0 Å². The molecule has 27 heavy (non-hydrogen) atoms. The highest BCUT2D eigenvalue weighted by atomic mass is 16.5. The van der Waals surface area contributed by atoms with Crippen molar-refractivity contribution in [2.24, 2.45) is 0 Å². The second kappa shape index (κ2) is 9.25. The van der Waals surface area contributed by atoms with E-state index in [-0.39, 0.29) is 17.9 Å². The fraction of sp³-hybridized carbons (Fsp3) is 0.526. The molecule has 0 aromatic carbocycles. The predicted molar refractivity (Wildman–Crippen MR) is 98.5 cm³/mol. The fourth-order valence-electron chi connectivity index (χ4n) is 3.37. The number of carbonyl (C=O) groups is 2. The molecule has 0 saturated carbocycles. The standard InChI is InChI=1S/C19H25N5O3/c1-14(25)21-11-9-16-6-2-3-12-24(16)18(26)8-7-17-22-19(23-27-17)15-5-4-10-20-13-15/h4-5,10,13,16H,2-3,6-9,11-12H2,1H3,(H,21,25). The molecular weight excluding hydrogens is 346 g/mol. The zero-order valence-corrected chi connectivity index (χ0v) is 15.6. The third kappa shape index (κ3) is 5.35. The Balaban J connectivity index is 1.53. The van der Waals surface area contributed by atoms with Gasteiger partial charge in [0.15, 0.2) is 0 Å². The maximum atomic E-state index is 12.7. The monoisotopic (exact) mass is 371 g/mol. The summed E-state index contributed by atoms with van der Waals surface area (Å²) in [7, 11) is 0. The van der Waals surface area contributed by atoms with Crippen LogP contribution in [-0.4, -0.2) is 51.0 Å². The van der Waals surface area contributed by atoms with Crippen molar-refractivity contribution < 1.29 is 14.1 Å². The van der Waals surface area contributed by atoms with E-state index < -0.39 is 0 Å². The molecule has 3 heterocycles. The van der Waals surface area contributed by atoms with E-state index in [1.807, 2.05) is 17.0 Å². The topological polar surface area (TPSA) is 101 Å². The van der Waals surface area contributed by atoms with E-state index >= 15 is 0 Å². The van der Waals surface area contributed by atoms with Gasteiger partial charge in [-0.3, -0.25) is 14.6 Å². The smallest absolute Gasteiger partial charge is 0.227 e. The minimum Gasteiger partial charge on any atom is -0.356 e. The number of amides is 2. The summed E-state index contributed by atoms with van der Waals surface area (Å²) < 4.78 is 5.27. The lowest BCUT2D eigenvalue weighted by Gasteiger charge is -2.36. The predicted octanol–water partition coefficient (Wildman–Crippen LogP) is 1.97. The van der Waals surface area contributed by atoms with Crippen LogP contribution >= 0.6 is 0 Å². The lowest BCUT2D eigenvalue weighted by Crippen LogP contribution is -2.45. The summed E-state index contributed by atoms with van der Waals surface area (Å²) in [6.07, 6.45) is 8.03. The number of nitrogens with zero attached hydrogens (tertiary/aromatic N) is 4. The Labute approximate surface area is 158 Å². The van der Waals surface area contributed by atoms with E-state index in [0.29, 0.717) is 31.1 Å². The molecule has 1 atom stereocenters. The summed E-state index contributed by atoms with van der Waals surface area (Å²) in [6.45, 7) is 2.88. The second-order valence-corrected chi connectivity index (χ2v) is 6.76. The average molecular weight is 371 g/mol. The van der Waals surface area contributed by atoms with Gasteiger partial charge in [-0.1, -0.05) is 5.16 Å². The normalized spacial score (nSPS) is 16.9. The second-order valence-electron chi connectivity index (χ2n) is 6.76. The van der Waals surface area contributed by atoms with Gasteiger partial charge in [0.05, 0.1) is 0 Å². The van der Waals surface area contributed by atoms with Crippen LogP contribution in [0.2, 0.25) is 0 Å². The van der Waals surface area contributed by atoms with Crippen molar-refractivity contribution in [3.63, 3.8) is 0 Å². The molecular formula is C19H25N5O3. The number of likely N-dealkylation sites (tertiary alicyclic amines) is 1. The van der Waals surface area contributed by atoms with E-state index in [2.05, 4.69) is 20.4 Å². The molecule has 0 spiro atoms. The van der Waals surface area contributed by atoms with Crippen molar-refractivity contribution in [2.75, 3.05) is 13.1 Å². The molecule has 2 aromatic heterocycles. The fourth-order valence-corrected chi connectivity index (χ4v) is 3.37. The van der Waals surface area contributed by atoms with E-state index in [0.717, 1.165) is 37.8 Å². The van der Waals surface area contributed by atoms with Crippen molar-refractivity contribution in [1.82, 2.24) is 25.3 Å². The zero-order chi connectivity index (χ0) is 19.1. The van der Waals surface area contributed by atoms with Gasteiger partial charge in [-0.2, -0.15) is 4.98 Å². The highest BCUT2D eigenvalue weighted by molar-refractivity contribution is 5.77. The Morgan fingerprint density at radius 2 is 2.26 bits per heavy atom. The van der Waals surface area contributed by atoms with Gasteiger partial charge in [0.1, 0.15) is 0 Å². The first-order valence-electron chi connectivity index (χ1n) is 9.40. The van der Waals surface area contributed by atoms with Crippen LogP contribution in [0, 0.1) is 0 Å². The van der Waals surface area contributed by atoms with E-state index in [1.54, 1.807) is 12.4 Å². The SMILES string of the molecule is CC(=O)NCCC1CCCCN1C(=O)CCc1nc(-c2cccnc2)no1. The Morgan fingerprint density at radius 3 is 3.04 bits per heavy atom. The van der Waals surface area contributed by atoms with Gasteiger partial charge in [0.2, 0.25) is 23.5 Å². The molecule has 1 N–H and O–H groups in total. The average Bonchev–Trinajstić information content (AvgIpc) is 3.16. The van der Waals surface area contributed by atoms with Crippen LogP contribution in [-0.2, 0) is 16.0 Å². The van der Waals surface area contributed by atoms with Crippen LogP contribution in [0.3, 0.4) is 0 Å². The molecule has 2 aromatic rings. The first-order chi connectivity index (χ1) is 13.1. The molecule has 0 bridgehead atoms. The maximum absolute atomic E-state index is 12.7. The van der Waals surface area contributed by atoms with Crippen LogP contribution in [0.5, 0.6) is 0 Å². The summed E-state index contributed by atoms with van der Waals surface area (Å²) in [4.78, 5) is 34.1. The molecule has 1 aliphatic rings. The maximum Gasteiger partial charge on any atom is 0.227 e. The molecule has 1 fully saturated rings. The van der Waals surface area contributed by atoms with Crippen molar-refractivity contribution in [3.8, 4) is 11.4 Å². The lowest BCUT2D eigenvalue weighted by molar-refractivity contribution is -0.135. The number of aromatic nitrogens is 3. The highest BCUT2D eigenvalue weighted by Gasteiger charge is 2.26. The Kier molecular flexibility index (Phi) is 6.51. The largest absolute Gasteiger partial charge is 0.356 e. The molecule has 2 amide bonds. The van der Waals surface area contributed by atoms with Crippen molar-refractivity contribution in [2.45, 2.75) is 51.5 Å². The van der Waals surface area contributed by atoms with Gasteiger partial charge < -0.3 is 14.7 Å². The summed E-state index contributed by atoms with van der Waals surface area (Å²) in [5.41, 5.74) is 0.785. The van der Waals surface area contributed by atoms with E-state index in [4.69, 9.17) is 4.52 Å². The van der Waals surface area contributed by atoms with Gasteiger partial charge in [0, 0.05) is 56.9 Å². The number of nitrogens with one attached hydrogen (secondary N) is 1. The Bertz CT molecular complexity index is 762. The summed E-state index contributed by atoms with van der Waals surface area (Å²) in [5.74, 6) is 0.999. The molecule has 8 heteroatoms. The van der Waals surface area contributed by atoms with Gasteiger partial charge >= 0.3 is 0 Å². The van der Waals surface area contributed by atoms with Crippen LogP contribution < -0.4 is 5.32 Å². The first-order valence-corrected chi connectivity index (χ1v) is 9.40. The molecule has 0 radical (unpaired) electrons. The number of hydrogen-bond acceptors (Lipinski definition) is 6. The van der Waals surface area contributed by atoms with Crippen LogP contribution in [0.4, 0.5) is 0 Å². The highest BCUT2D eigenvalue weighted by Crippen LogP contribution is 2.21. The number of hydrogen-bond donors (Lipinski definition) is 1. The molecule has 8 nitrogen and oxygen atoms in total. The minimum atomic E-state index is -0.0375. The summed E-state index contributed by atoms with van der Waals surface area (Å²) >= 11 is 0. The van der Waals surface area contributed by atoms with Gasteiger partial charge in [0.25, 0.3) is 0 Å². The number of pyridine rings is 1. The number of piperidine rings is 1. The zero-order valence-electron chi connectivity index (χ0n) is 15.6. The molecule has 1 aliphatic heterocycles. The molecule has 1 unspecified atom stereocenters. The molecule has 0 aliphatic carbocycles. The van der Waals surface area contributed by atoms with E-state index in [1.165, 1.54) is 6.92 Å². The number of rotatable bonds is 7. The Morgan fingerprint density at radius 1 is 1.37 bits per heavy atom. The lowest BCUT2D eigenvalue weighted by atomic mass is 9.98. The third-order valence-corrected chi connectivity index (χ3v) is 4.74. The Hall–Kier alpha value is -2.77. The van der Waals surface area contributed by atoms with Crippen LogP contribution in [0.1, 0.15) is 44.9 Å². The van der Waals surface area contributed by atoms with Crippen LogP contribution in [0.15, 0.2) is 29.0 Å². The summed E-state index contributed by atoms with van der Waals surface area (Å²) in [6, 6.07) is 3.86. The van der Waals surface area contributed by atoms with Crippen molar-refractivity contribution >= 4 is 11.8 Å². The summed E-state index contributed by atoms with van der Waals surface area (Å²) in [5, 5.41) is 6.77. The van der Waals surface area contributed by atoms with Gasteiger partial charge in [-0.05, 0) is 37.8 Å².